The van der Waals surface area contributed by atoms with Gasteiger partial charge in [-0.15, -0.1) is 0 Å². The molecular formula is C14H11ClF2N2O2. The molecule has 1 N–H and O–H groups in total. The van der Waals surface area contributed by atoms with E-state index in [1.807, 2.05) is 0 Å². The van der Waals surface area contributed by atoms with Crippen LogP contribution in [0.3, 0.4) is 0 Å². The van der Waals surface area contributed by atoms with Crippen LogP contribution in [0.4, 0.5) is 14.5 Å². The van der Waals surface area contributed by atoms with Crippen molar-refractivity contribution in [1.82, 2.24) is 4.57 Å². The molecule has 0 atom stereocenters. The van der Waals surface area contributed by atoms with Gasteiger partial charge in [0.25, 0.3) is 11.5 Å². The lowest BCUT2D eigenvalue weighted by atomic mass is 10.1. The van der Waals surface area contributed by atoms with Gasteiger partial charge in [-0.1, -0.05) is 11.6 Å². The highest BCUT2D eigenvalue weighted by atomic mass is 35.5. The minimum absolute atomic E-state index is 0.0323. The number of nitrogens with zero attached hydrogens (tertiary/aromatic N) is 1. The summed E-state index contributed by atoms with van der Waals surface area (Å²) in [4.78, 5) is 24.0. The Morgan fingerprint density at radius 1 is 1.29 bits per heavy atom. The van der Waals surface area contributed by atoms with Gasteiger partial charge in [-0.05, 0) is 30.7 Å². The van der Waals surface area contributed by atoms with E-state index in [1.165, 1.54) is 11.6 Å². The molecule has 0 aliphatic carbocycles. The first kappa shape index (κ1) is 15.2. The number of carbonyl (C=O) groups excluding carboxylic acids is 1. The van der Waals surface area contributed by atoms with E-state index in [-0.39, 0.29) is 5.69 Å². The molecular weight excluding hydrogens is 302 g/mol. The Balaban J connectivity index is 2.42. The van der Waals surface area contributed by atoms with Crippen LogP contribution in [0.15, 0.2) is 29.2 Å². The summed E-state index contributed by atoms with van der Waals surface area (Å²) in [5.41, 5.74) is -0.311. The summed E-state index contributed by atoms with van der Waals surface area (Å²) in [6.45, 7) is 1.63. The Hall–Kier alpha value is -2.21. The summed E-state index contributed by atoms with van der Waals surface area (Å²) in [6.07, 6.45) is 1.54. The van der Waals surface area contributed by atoms with Crippen LogP contribution < -0.4 is 10.9 Å². The van der Waals surface area contributed by atoms with E-state index in [1.54, 1.807) is 19.2 Å². The van der Waals surface area contributed by atoms with Gasteiger partial charge in [0.1, 0.15) is 16.5 Å². The molecule has 0 aliphatic heterocycles. The lowest BCUT2D eigenvalue weighted by Crippen LogP contribution is -2.25. The topological polar surface area (TPSA) is 51.1 Å². The highest BCUT2D eigenvalue weighted by Gasteiger charge is 2.19. The molecule has 2 rings (SSSR count). The molecule has 0 fully saturated rings. The summed E-state index contributed by atoms with van der Waals surface area (Å²) in [7, 11) is 1.52. The quantitative estimate of drug-likeness (QED) is 0.867. The van der Waals surface area contributed by atoms with Gasteiger partial charge in [0.05, 0.1) is 5.56 Å². The molecule has 21 heavy (non-hydrogen) atoms. The van der Waals surface area contributed by atoms with Crippen molar-refractivity contribution in [2.45, 2.75) is 6.92 Å². The predicted octanol–water partition coefficient (Wildman–Crippen LogP) is 2.88. The summed E-state index contributed by atoms with van der Waals surface area (Å²) in [6, 6.07) is 3.48. The van der Waals surface area contributed by atoms with Crippen LogP contribution in [0.5, 0.6) is 0 Å². The normalized spacial score (nSPS) is 10.5. The second kappa shape index (κ2) is 5.65. The predicted molar refractivity (Wildman–Crippen MR) is 75.7 cm³/mol. The van der Waals surface area contributed by atoms with Crippen LogP contribution in [-0.4, -0.2) is 10.5 Å². The van der Waals surface area contributed by atoms with Crippen LogP contribution >= 0.6 is 11.6 Å². The van der Waals surface area contributed by atoms with E-state index < -0.39 is 33.7 Å². The smallest absolute Gasteiger partial charge is 0.274 e. The van der Waals surface area contributed by atoms with Gasteiger partial charge in [-0.3, -0.25) is 9.59 Å². The first-order chi connectivity index (χ1) is 9.82. The summed E-state index contributed by atoms with van der Waals surface area (Å²) < 4.78 is 28.1. The number of benzene rings is 1. The second-order valence-electron chi connectivity index (χ2n) is 4.47. The second-order valence-corrected chi connectivity index (χ2v) is 4.84. The monoisotopic (exact) mass is 312 g/mol. The van der Waals surface area contributed by atoms with Crippen molar-refractivity contribution in [3.63, 3.8) is 0 Å². The van der Waals surface area contributed by atoms with Crippen LogP contribution in [0, 0.1) is 18.6 Å². The summed E-state index contributed by atoms with van der Waals surface area (Å²) in [5.74, 6) is -3.00. The van der Waals surface area contributed by atoms with E-state index in [0.29, 0.717) is 5.56 Å². The van der Waals surface area contributed by atoms with Crippen molar-refractivity contribution >= 4 is 23.2 Å². The number of aromatic nitrogens is 1. The third-order valence-electron chi connectivity index (χ3n) is 3.00. The van der Waals surface area contributed by atoms with Gasteiger partial charge in [0.2, 0.25) is 0 Å². The first-order valence-corrected chi connectivity index (χ1v) is 6.31. The standard InChI is InChI=1S/C14H11ClF2N2O2/c1-7-5-6-19(2)14(21)12(7)18-13(20)8-3-4-9(16)10(15)11(8)17/h3-6H,1-2H3,(H,18,20). The zero-order chi connectivity index (χ0) is 15.7. The molecule has 7 heteroatoms. The van der Waals surface area contributed by atoms with Crippen molar-refractivity contribution in [3.05, 3.63) is 62.5 Å². The number of hydrogen-bond donors (Lipinski definition) is 1. The van der Waals surface area contributed by atoms with Crippen molar-refractivity contribution in [2.75, 3.05) is 5.32 Å². The Morgan fingerprint density at radius 2 is 1.95 bits per heavy atom. The molecule has 1 heterocycles. The number of amides is 1. The van der Waals surface area contributed by atoms with Gasteiger partial charge in [0, 0.05) is 13.2 Å². The number of pyridine rings is 1. The fraction of sp³-hybridized carbons (Fsp3) is 0.143. The van der Waals surface area contributed by atoms with E-state index in [0.717, 1.165) is 12.1 Å². The number of anilines is 1. The van der Waals surface area contributed by atoms with Crippen molar-refractivity contribution < 1.29 is 13.6 Å². The molecule has 110 valence electrons. The molecule has 2 aromatic rings. The minimum Gasteiger partial charge on any atom is -0.317 e. The van der Waals surface area contributed by atoms with E-state index in [4.69, 9.17) is 11.6 Å². The highest BCUT2D eigenvalue weighted by molar-refractivity contribution is 6.31. The number of hydrogen-bond acceptors (Lipinski definition) is 2. The van der Waals surface area contributed by atoms with Crippen LogP contribution in [0.1, 0.15) is 15.9 Å². The number of halogens is 3. The van der Waals surface area contributed by atoms with Crippen molar-refractivity contribution in [1.29, 1.82) is 0 Å². The Bertz CT molecular complexity index is 787. The van der Waals surface area contributed by atoms with Crippen LogP contribution in [0.2, 0.25) is 5.02 Å². The molecule has 0 radical (unpaired) electrons. The largest absolute Gasteiger partial charge is 0.317 e. The number of aryl methyl sites for hydroxylation is 2. The van der Waals surface area contributed by atoms with Crippen LogP contribution in [-0.2, 0) is 7.05 Å². The summed E-state index contributed by atoms with van der Waals surface area (Å²) >= 11 is 5.42. The van der Waals surface area contributed by atoms with Gasteiger partial charge in [0.15, 0.2) is 5.82 Å². The lowest BCUT2D eigenvalue weighted by Gasteiger charge is -2.10. The molecule has 0 saturated carbocycles. The van der Waals surface area contributed by atoms with Gasteiger partial charge in [-0.2, -0.15) is 0 Å². The average molecular weight is 313 g/mol. The van der Waals surface area contributed by atoms with Crippen molar-refractivity contribution in [2.24, 2.45) is 7.05 Å². The molecule has 0 spiro atoms. The lowest BCUT2D eigenvalue weighted by molar-refractivity contribution is 0.102. The number of carbonyl (C=O) groups is 1. The first-order valence-electron chi connectivity index (χ1n) is 5.94. The zero-order valence-corrected chi connectivity index (χ0v) is 12.0. The Morgan fingerprint density at radius 3 is 2.62 bits per heavy atom. The fourth-order valence-corrected chi connectivity index (χ4v) is 1.92. The van der Waals surface area contributed by atoms with E-state index in [2.05, 4.69) is 5.32 Å². The maximum atomic E-state index is 13.8. The Kier molecular flexibility index (Phi) is 4.09. The number of rotatable bonds is 2. The average Bonchev–Trinajstić information content (AvgIpc) is 2.45. The SMILES string of the molecule is Cc1ccn(C)c(=O)c1NC(=O)c1ccc(F)c(Cl)c1F. The maximum Gasteiger partial charge on any atom is 0.274 e. The summed E-state index contributed by atoms with van der Waals surface area (Å²) in [5, 5.41) is 1.57. The van der Waals surface area contributed by atoms with Crippen LogP contribution in [0.25, 0.3) is 0 Å². The van der Waals surface area contributed by atoms with Gasteiger partial charge < -0.3 is 9.88 Å². The van der Waals surface area contributed by atoms with E-state index >= 15 is 0 Å². The third kappa shape index (κ3) is 2.80. The third-order valence-corrected chi connectivity index (χ3v) is 3.34. The molecule has 0 aliphatic rings. The fourth-order valence-electron chi connectivity index (χ4n) is 1.75. The zero-order valence-electron chi connectivity index (χ0n) is 11.2. The molecule has 1 aromatic carbocycles. The highest BCUT2D eigenvalue weighted by Crippen LogP contribution is 2.22. The molecule has 1 amide bonds. The van der Waals surface area contributed by atoms with E-state index in [9.17, 15) is 18.4 Å². The molecule has 0 unspecified atom stereocenters. The van der Waals surface area contributed by atoms with Gasteiger partial charge in [-0.25, -0.2) is 8.78 Å². The number of nitrogens with one attached hydrogen (secondary N) is 1. The maximum absolute atomic E-state index is 13.8. The molecule has 0 saturated heterocycles. The Labute approximate surface area is 124 Å². The van der Waals surface area contributed by atoms with Gasteiger partial charge >= 0.3 is 0 Å². The molecule has 1 aromatic heterocycles. The molecule has 4 nitrogen and oxygen atoms in total. The molecule has 0 bridgehead atoms. The minimum atomic E-state index is -1.17. The van der Waals surface area contributed by atoms with Crippen molar-refractivity contribution in [3.8, 4) is 0 Å².